The number of nitrogens with zero attached hydrogens (tertiary/aromatic N) is 2. The Morgan fingerprint density at radius 3 is 2.57 bits per heavy atom. The molecule has 0 atom stereocenters. The molecule has 0 fully saturated rings. The van der Waals surface area contributed by atoms with Crippen LogP contribution in [-0.4, -0.2) is 25.5 Å². The maximum atomic E-state index is 11.5. The second-order valence-corrected chi connectivity index (χ2v) is 7.69. The highest BCUT2D eigenvalue weighted by Gasteiger charge is 2.15. The van der Waals surface area contributed by atoms with Gasteiger partial charge in [0.15, 0.2) is 0 Å². The molecular formula is C15H10Cl2N2O3S. The van der Waals surface area contributed by atoms with Gasteiger partial charge in [0.1, 0.15) is 12.1 Å². The van der Waals surface area contributed by atoms with Crippen LogP contribution in [0.2, 0.25) is 5.02 Å². The molecule has 8 heteroatoms. The van der Waals surface area contributed by atoms with Crippen molar-refractivity contribution in [3.05, 3.63) is 47.7 Å². The maximum absolute atomic E-state index is 11.5. The lowest BCUT2D eigenvalue weighted by molar-refractivity contribution is 0.416. The zero-order valence-electron chi connectivity index (χ0n) is 11.8. The molecule has 0 radical (unpaired) electrons. The highest BCUT2D eigenvalue weighted by atomic mass is 35.7. The van der Waals surface area contributed by atoms with Gasteiger partial charge >= 0.3 is 0 Å². The van der Waals surface area contributed by atoms with Crippen molar-refractivity contribution in [3.63, 3.8) is 0 Å². The van der Waals surface area contributed by atoms with E-state index < -0.39 is 9.05 Å². The Morgan fingerprint density at radius 2 is 1.87 bits per heavy atom. The summed E-state index contributed by atoms with van der Waals surface area (Å²) < 4.78 is 28.3. The summed E-state index contributed by atoms with van der Waals surface area (Å²) in [4.78, 5) is 8.39. The van der Waals surface area contributed by atoms with Crippen LogP contribution in [0.15, 0.2) is 47.6 Å². The maximum Gasteiger partial charge on any atom is 0.261 e. The van der Waals surface area contributed by atoms with E-state index in [1.165, 1.54) is 25.6 Å². The van der Waals surface area contributed by atoms with Crippen molar-refractivity contribution in [2.45, 2.75) is 4.90 Å². The molecule has 0 aliphatic rings. The minimum atomic E-state index is -3.82. The number of fused-ring (bicyclic) bond motifs is 1. The molecule has 0 saturated heterocycles. The number of hydrogen-bond donors (Lipinski definition) is 0. The van der Waals surface area contributed by atoms with E-state index in [2.05, 4.69) is 9.97 Å². The summed E-state index contributed by atoms with van der Waals surface area (Å²) in [6.45, 7) is 0. The SMILES string of the molecule is COc1cc(Cl)ccc1-c1ncnc2cc(S(=O)(=O)Cl)ccc12. The molecule has 1 aromatic heterocycles. The normalized spacial score (nSPS) is 11.6. The third kappa shape index (κ3) is 3.10. The molecule has 118 valence electrons. The molecule has 0 aliphatic heterocycles. The quantitative estimate of drug-likeness (QED) is 0.656. The Kier molecular flexibility index (Phi) is 4.14. The van der Waals surface area contributed by atoms with E-state index in [0.717, 1.165) is 5.56 Å². The largest absolute Gasteiger partial charge is 0.496 e. The zero-order chi connectivity index (χ0) is 16.6. The van der Waals surface area contributed by atoms with Crippen molar-refractivity contribution in [2.24, 2.45) is 0 Å². The monoisotopic (exact) mass is 368 g/mol. The second kappa shape index (κ2) is 5.96. The van der Waals surface area contributed by atoms with Crippen LogP contribution in [0, 0.1) is 0 Å². The van der Waals surface area contributed by atoms with Gasteiger partial charge in [-0.15, -0.1) is 0 Å². The Hall–Kier alpha value is -1.89. The van der Waals surface area contributed by atoms with Gasteiger partial charge in [0.2, 0.25) is 0 Å². The standard InChI is InChI=1S/C15H10Cl2N2O3S/c1-22-14-6-9(16)2-4-12(14)15-11-5-3-10(23(17,20)21)7-13(11)18-8-19-15/h2-8H,1H3. The molecule has 0 saturated carbocycles. The summed E-state index contributed by atoms with van der Waals surface area (Å²) in [6.07, 6.45) is 1.36. The van der Waals surface area contributed by atoms with Crippen LogP contribution in [0.3, 0.4) is 0 Å². The predicted molar refractivity (Wildman–Crippen MR) is 89.6 cm³/mol. The minimum Gasteiger partial charge on any atom is -0.496 e. The summed E-state index contributed by atoms with van der Waals surface area (Å²) in [5, 5.41) is 1.22. The van der Waals surface area contributed by atoms with Gasteiger partial charge < -0.3 is 4.74 Å². The molecule has 23 heavy (non-hydrogen) atoms. The van der Waals surface area contributed by atoms with Crippen molar-refractivity contribution in [1.29, 1.82) is 0 Å². The van der Waals surface area contributed by atoms with Crippen LogP contribution in [0.25, 0.3) is 22.2 Å². The van der Waals surface area contributed by atoms with Crippen LogP contribution in [0.1, 0.15) is 0 Å². The number of ether oxygens (including phenoxy) is 1. The third-order valence-electron chi connectivity index (χ3n) is 3.31. The van der Waals surface area contributed by atoms with E-state index in [0.29, 0.717) is 27.4 Å². The topological polar surface area (TPSA) is 69.2 Å². The van der Waals surface area contributed by atoms with Gasteiger partial charge in [-0.25, -0.2) is 18.4 Å². The van der Waals surface area contributed by atoms with Gasteiger partial charge in [0, 0.05) is 26.7 Å². The summed E-state index contributed by atoms with van der Waals surface area (Å²) in [6, 6.07) is 9.64. The smallest absolute Gasteiger partial charge is 0.261 e. The predicted octanol–water partition coefficient (Wildman–Crippen LogP) is 3.89. The van der Waals surface area contributed by atoms with Crippen molar-refractivity contribution in [1.82, 2.24) is 9.97 Å². The second-order valence-electron chi connectivity index (χ2n) is 4.68. The molecule has 1 heterocycles. The number of methoxy groups -OCH3 is 1. The lowest BCUT2D eigenvalue weighted by Gasteiger charge is -2.10. The molecule has 0 amide bonds. The van der Waals surface area contributed by atoms with E-state index in [9.17, 15) is 8.42 Å². The molecule has 3 aromatic rings. The zero-order valence-corrected chi connectivity index (χ0v) is 14.2. The van der Waals surface area contributed by atoms with Gasteiger partial charge in [-0.1, -0.05) is 11.6 Å². The molecule has 2 aromatic carbocycles. The molecule has 3 rings (SSSR count). The first kappa shape index (κ1) is 16.0. The van der Waals surface area contributed by atoms with Crippen LogP contribution in [0.5, 0.6) is 5.75 Å². The molecule has 0 spiro atoms. The lowest BCUT2D eigenvalue weighted by Crippen LogP contribution is -1.95. The summed E-state index contributed by atoms with van der Waals surface area (Å²) in [5.41, 5.74) is 1.81. The Morgan fingerprint density at radius 1 is 1.09 bits per heavy atom. The van der Waals surface area contributed by atoms with Crippen molar-refractivity contribution in [3.8, 4) is 17.0 Å². The van der Waals surface area contributed by atoms with Crippen LogP contribution < -0.4 is 4.74 Å². The van der Waals surface area contributed by atoms with Gasteiger partial charge in [0.05, 0.1) is 23.2 Å². The molecule has 5 nitrogen and oxygen atoms in total. The molecule has 0 N–H and O–H groups in total. The van der Waals surface area contributed by atoms with Crippen molar-refractivity contribution < 1.29 is 13.2 Å². The number of benzene rings is 2. The molecular weight excluding hydrogens is 359 g/mol. The van der Waals surface area contributed by atoms with Crippen LogP contribution in [-0.2, 0) is 9.05 Å². The van der Waals surface area contributed by atoms with Gasteiger partial charge in [0.25, 0.3) is 9.05 Å². The van der Waals surface area contributed by atoms with Gasteiger partial charge in [-0.3, -0.25) is 0 Å². The van der Waals surface area contributed by atoms with Crippen molar-refractivity contribution >= 4 is 42.2 Å². The van der Waals surface area contributed by atoms with E-state index in [-0.39, 0.29) is 4.90 Å². The Bertz CT molecular complexity index is 1010. The first-order chi connectivity index (χ1) is 10.9. The fourth-order valence-corrected chi connectivity index (χ4v) is 3.20. The van der Waals surface area contributed by atoms with Gasteiger partial charge in [-0.05, 0) is 36.4 Å². The van der Waals surface area contributed by atoms with E-state index in [4.69, 9.17) is 27.0 Å². The average molecular weight is 369 g/mol. The summed E-state index contributed by atoms with van der Waals surface area (Å²) >= 11 is 5.98. The highest BCUT2D eigenvalue weighted by molar-refractivity contribution is 8.13. The Labute approximate surface area is 142 Å². The van der Waals surface area contributed by atoms with Gasteiger partial charge in [-0.2, -0.15) is 0 Å². The van der Waals surface area contributed by atoms with Crippen molar-refractivity contribution in [2.75, 3.05) is 7.11 Å². The van der Waals surface area contributed by atoms with Crippen LogP contribution >= 0.6 is 22.3 Å². The Balaban J connectivity index is 2.27. The van der Waals surface area contributed by atoms with E-state index >= 15 is 0 Å². The summed E-state index contributed by atoms with van der Waals surface area (Å²) in [5.74, 6) is 0.562. The number of rotatable bonds is 3. The minimum absolute atomic E-state index is 0.0145. The molecule has 0 bridgehead atoms. The lowest BCUT2D eigenvalue weighted by atomic mass is 10.1. The molecule has 0 unspecified atom stereocenters. The summed E-state index contributed by atoms with van der Waals surface area (Å²) in [7, 11) is 3.09. The first-order valence-electron chi connectivity index (χ1n) is 6.43. The van der Waals surface area contributed by atoms with E-state index in [1.807, 2.05) is 0 Å². The van der Waals surface area contributed by atoms with E-state index in [1.54, 1.807) is 24.3 Å². The number of aromatic nitrogens is 2. The average Bonchev–Trinajstić information content (AvgIpc) is 2.53. The fourth-order valence-electron chi connectivity index (χ4n) is 2.26. The first-order valence-corrected chi connectivity index (χ1v) is 9.12. The third-order valence-corrected chi connectivity index (χ3v) is 4.89. The molecule has 0 aliphatic carbocycles. The van der Waals surface area contributed by atoms with Crippen LogP contribution in [0.4, 0.5) is 0 Å². The number of hydrogen-bond acceptors (Lipinski definition) is 5. The highest BCUT2D eigenvalue weighted by Crippen LogP contribution is 2.35. The number of halogens is 2. The fraction of sp³-hybridized carbons (Fsp3) is 0.0667.